The van der Waals surface area contributed by atoms with E-state index in [9.17, 15) is 4.79 Å². The molecule has 0 bridgehead atoms. The molecule has 1 rings (SSSR count). The summed E-state index contributed by atoms with van der Waals surface area (Å²) >= 11 is 1.48. The number of ketones is 1. The van der Waals surface area contributed by atoms with Crippen LogP contribution in [0.15, 0.2) is 6.20 Å². The van der Waals surface area contributed by atoms with Crippen molar-refractivity contribution in [3.63, 3.8) is 0 Å². The van der Waals surface area contributed by atoms with Crippen LogP contribution in [-0.4, -0.2) is 24.5 Å². The lowest BCUT2D eigenvalue weighted by Crippen LogP contribution is -2.16. The number of aryl methyl sites for hydroxylation is 1. The second-order valence-electron chi connectivity index (χ2n) is 3.91. The van der Waals surface area contributed by atoms with Crippen LogP contribution >= 0.6 is 11.3 Å². The second-order valence-corrected chi connectivity index (χ2v) is 5.14. The number of carbonyl (C=O) groups excluding carboxylic acids is 1. The number of methoxy groups -OCH3 is 1. The van der Waals surface area contributed by atoms with Crippen LogP contribution in [0, 0.1) is 12.8 Å². The largest absolute Gasteiger partial charge is 0.385 e. The zero-order valence-corrected chi connectivity index (χ0v) is 11.0. The zero-order chi connectivity index (χ0) is 12.0. The lowest BCUT2D eigenvalue weighted by molar-refractivity contribution is 0.0869. The Hall–Kier alpha value is -0.740. The van der Waals surface area contributed by atoms with Gasteiger partial charge in [0.15, 0.2) is 10.8 Å². The first kappa shape index (κ1) is 13.3. The Kier molecular flexibility index (Phi) is 5.63. The summed E-state index contributed by atoms with van der Waals surface area (Å²) in [6.45, 7) is 4.71. The van der Waals surface area contributed by atoms with Gasteiger partial charge >= 0.3 is 0 Å². The summed E-state index contributed by atoms with van der Waals surface area (Å²) < 4.78 is 5.04. The van der Waals surface area contributed by atoms with Gasteiger partial charge in [-0.2, -0.15) is 0 Å². The van der Waals surface area contributed by atoms with Gasteiger partial charge in [-0.05, 0) is 19.8 Å². The van der Waals surface area contributed by atoms with Crippen molar-refractivity contribution in [3.05, 3.63) is 16.1 Å². The van der Waals surface area contributed by atoms with Gasteiger partial charge < -0.3 is 4.74 Å². The molecule has 0 amide bonds. The van der Waals surface area contributed by atoms with E-state index in [0.717, 1.165) is 24.1 Å². The smallest absolute Gasteiger partial charge is 0.194 e. The van der Waals surface area contributed by atoms with Gasteiger partial charge in [0, 0.05) is 30.7 Å². The summed E-state index contributed by atoms with van der Waals surface area (Å²) in [7, 11) is 1.67. The molecule has 1 aromatic rings. The molecule has 0 aromatic carbocycles. The highest BCUT2D eigenvalue weighted by Crippen LogP contribution is 2.21. The summed E-state index contributed by atoms with van der Waals surface area (Å²) in [5, 5.41) is 0.645. The van der Waals surface area contributed by atoms with Gasteiger partial charge in [-0.15, -0.1) is 11.3 Å². The van der Waals surface area contributed by atoms with Gasteiger partial charge in [0.05, 0.1) is 0 Å². The van der Waals surface area contributed by atoms with E-state index in [1.165, 1.54) is 11.3 Å². The highest BCUT2D eigenvalue weighted by Gasteiger charge is 2.21. The van der Waals surface area contributed by atoms with Gasteiger partial charge in [-0.3, -0.25) is 4.79 Å². The van der Waals surface area contributed by atoms with Crippen molar-refractivity contribution in [1.29, 1.82) is 0 Å². The topological polar surface area (TPSA) is 39.2 Å². The Labute approximate surface area is 101 Å². The van der Waals surface area contributed by atoms with Crippen molar-refractivity contribution in [2.75, 3.05) is 13.7 Å². The summed E-state index contributed by atoms with van der Waals surface area (Å²) in [5.41, 5.74) is 0. The summed E-state index contributed by atoms with van der Waals surface area (Å²) in [6.07, 6.45) is 4.49. The van der Waals surface area contributed by atoms with E-state index in [2.05, 4.69) is 11.9 Å². The lowest BCUT2D eigenvalue weighted by Gasteiger charge is -2.12. The highest BCUT2D eigenvalue weighted by atomic mass is 32.1. The Morgan fingerprint density at radius 1 is 1.56 bits per heavy atom. The van der Waals surface area contributed by atoms with Crippen molar-refractivity contribution in [2.24, 2.45) is 5.92 Å². The number of hydrogen-bond donors (Lipinski definition) is 0. The molecule has 1 unspecified atom stereocenters. The molecule has 0 aliphatic heterocycles. The zero-order valence-electron chi connectivity index (χ0n) is 10.2. The minimum Gasteiger partial charge on any atom is -0.385 e. The van der Waals surface area contributed by atoms with E-state index in [1.807, 2.05) is 6.92 Å². The predicted molar refractivity (Wildman–Crippen MR) is 66.1 cm³/mol. The SMILES string of the molecule is CCCC(CCOC)C(=O)c1ncc(C)s1. The van der Waals surface area contributed by atoms with Gasteiger partial charge in [0.1, 0.15) is 0 Å². The van der Waals surface area contributed by atoms with Gasteiger partial charge in [-0.25, -0.2) is 4.98 Å². The first-order valence-corrected chi connectivity index (χ1v) is 6.46. The second kappa shape index (κ2) is 6.76. The molecule has 0 fully saturated rings. The fourth-order valence-electron chi connectivity index (χ4n) is 1.66. The minimum atomic E-state index is 0.0653. The molecule has 3 nitrogen and oxygen atoms in total. The summed E-state index contributed by atoms with van der Waals surface area (Å²) in [5.74, 6) is 0.243. The molecule has 0 spiro atoms. The quantitative estimate of drug-likeness (QED) is 0.689. The van der Waals surface area contributed by atoms with Crippen molar-refractivity contribution in [1.82, 2.24) is 4.98 Å². The Morgan fingerprint density at radius 2 is 2.31 bits per heavy atom. The highest BCUT2D eigenvalue weighted by molar-refractivity contribution is 7.13. The average Bonchev–Trinajstić information content (AvgIpc) is 2.70. The Morgan fingerprint density at radius 3 is 2.81 bits per heavy atom. The van der Waals surface area contributed by atoms with E-state index < -0.39 is 0 Å². The molecule has 90 valence electrons. The molecule has 1 atom stereocenters. The summed E-state index contributed by atoms with van der Waals surface area (Å²) in [6, 6.07) is 0. The molecule has 0 aliphatic rings. The third-order valence-corrected chi connectivity index (χ3v) is 3.44. The van der Waals surface area contributed by atoms with Crippen molar-refractivity contribution < 1.29 is 9.53 Å². The number of rotatable bonds is 7. The number of ether oxygens (including phenoxy) is 1. The molecule has 1 aromatic heterocycles. The lowest BCUT2D eigenvalue weighted by atomic mass is 9.95. The fourth-order valence-corrected chi connectivity index (χ4v) is 2.44. The third kappa shape index (κ3) is 3.68. The maximum absolute atomic E-state index is 12.1. The van der Waals surface area contributed by atoms with E-state index in [0.29, 0.717) is 11.6 Å². The molecule has 0 saturated heterocycles. The molecule has 0 aliphatic carbocycles. The normalized spacial score (nSPS) is 12.7. The number of hydrogen-bond acceptors (Lipinski definition) is 4. The third-order valence-electron chi connectivity index (χ3n) is 2.51. The molecule has 1 heterocycles. The fraction of sp³-hybridized carbons (Fsp3) is 0.667. The van der Waals surface area contributed by atoms with Crippen molar-refractivity contribution in [2.45, 2.75) is 33.1 Å². The van der Waals surface area contributed by atoms with Crippen LogP contribution in [0.1, 0.15) is 40.9 Å². The Bertz CT molecular complexity index is 336. The molecule has 0 saturated carbocycles. The van der Waals surface area contributed by atoms with E-state index in [-0.39, 0.29) is 11.7 Å². The minimum absolute atomic E-state index is 0.0653. The number of carbonyl (C=O) groups is 1. The molecular formula is C12H19NO2S. The van der Waals surface area contributed by atoms with Gasteiger partial charge in [-0.1, -0.05) is 13.3 Å². The number of aromatic nitrogens is 1. The molecular weight excluding hydrogens is 222 g/mol. The van der Waals surface area contributed by atoms with E-state index in [4.69, 9.17) is 4.74 Å². The van der Waals surface area contributed by atoms with Crippen LogP contribution in [0.4, 0.5) is 0 Å². The maximum Gasteiger partial charge on any atom is 0.194 e. The van der Waals surface area contributed by atoms with Crippen LogP contribution in [0.25, 0.3) is 0 Å². The van der Waals surface area contributed by atoms with Crippen molar-refractivity contribution in [3.8, 4) is 0 Å². The van der Waals surface area contributed by atoms with Crippen molar-refractivity contribution >= 4 is 17.1 Å². The number of thiazole rings is 1. The summed E-state index contributed by atoms with van der Waals surface area (Å²) in [4.78, 5) is 17.4. The standard InChI is InChI=1S/C12H19NO2S/c1-4-5-10(6-7-15-3)11(14)12-13-8-9(2)16-12/h8,10H,4-7H2,1-3H3. The number of Topliss-reactive ketones (excluding diaryl/α,β-unsaturated/α-hetero) is 1. The van der Waals surface area contributed by atoms with E-state index in [1.54, 1.807) is 13.3 Å². The average molecular weight is 241 g/mol. The van der Waals surface area contributed by atoms with E-state index >= 15 is 0 Å². The van der Waals surface area contributed by atoms with Gasteiger partial charge in [0.25, 0.3) is 0 Å². The molecule has 0 radical (unpaired) electrons. The molecule has 4 heteroatoms. The molecule has 16 heavy (non-hydrogen) atoms. The van der Waals surface area contributed by atoms with Crippen LogP contribution < -0.4 is 0 Å². The number of nitrogens with zero attached hydrogens (tertiary/aromatic N) is 1. The monoisotopic (exact) mass is 241 g/mol. The van der Waals surface area contributed by atoms with Crippen LogP contribution in [0.2, 0.25) is 0 Å². The van der Waals surface area contributed by atoms with Crippen LogP contribution in [0.5, 0.6) is 0 Å². The first-order chi connectivity index (χ1) is 7.69. The first-order valence-electron chi connectivity index (χ1n) is 5.64. The van der Waals surface area contributed by atoms with Crippen LogP contribution in [0.3, 0.4) is 0 Å². The van der Waals surface area contributed by atoms with Gasteiger partial charge in [0.2, 0.25) is 0 Å². The van der Waals surface area contributed by atoms with Crippen LogP contribution in [-0.2, 0) is 4.74 Å². The maximum atomic E-state index is 12.1. The molecule has 0 N–H and O–H groups in total. The predicted octanol–water partition coefficient (Wildman–Crippen LogP) is 3.09. The Balaban J connectivity index is 2.66.